The minimum absolute atomic E-state index is 0.0115. The first-order valence-corrected chi connectivity index (χ1v) is 6.99. The third-order valence-corrected chi connectivity index (χ3v) is 4.59. The van der Waals surface area contributed by atoms with Crippen LogP contribution >= 0.6 is 15.9 Å². The molecule has 1 heterocycles. The highest BCUT2D eigenvalue weighted by atomic mass is 79.9. The van der Waals surface area contributed by atoms with E-state index in [2.05, 4.69) is 28.1 Å². The standard InChI is InChI=1S/C14H14BrNO2/c15-11-4-2-10(3-5-11)14(6-1-7-14)16-9-12(17)8-13(16)18/h2-5H,1,6-9H2. The Hall–Kier alpha value is -1.16. The van der Waals surface area contributed by atoms with Crippen molar-refractivity contribution in [1.29, 1.82) is 0 Å². The summed E-state index contributed by atoms with van der Waals surface area (Å²) >= 11 is 3.42. The number of carbonyl (C=O) groups excluding carboxylic acids is 2. The molecule has 3 nitrogen and oxygen atoms in total. The maximum Gasteiger partial charge on any atom is 0.231 e. The fourth-order valence-corrected chi connectivity index (χ4v) is 3.23. The molecular weight excluding hydrogens is 294 g/mol. The average molecular weight is 308 g/mol. The summed E-state index contributed by atoms with van der Waals surface area (Å²) in [5.74, 6) is 0.0333. The Bertz CT molecular complexity index is 505. The Morgan fingerprint density at radius 1 is 1.11 bits per heavy atom. The zero-order valence-electron chi connectivity index (χ0n) is 9.99. The van der Waals surface area contributed by atoms with E-state index in [1.807, 2.05) is 12.1 Å². The maximum atomic E-state index is 12.0. The van der Waals surface area contributed by atoms with Gasteiger partial charge in [-0.05, 0) is 37.0 Å². The number of amides is 1. The highest BCUT2D eigenvalue weighted by Gasteiger charge is 2.49. The predicted molar refractivity (Wildman–Crippen MR) is 71.0 cm³/mol. The number of rotatable bonds is 2. The Kier molecular flexibility index (Phi) is 2.77. The molecule has 1 aromatic rings. The Morgan fingerprint density at radius 3 is 2.22 bits per heavy atom. The summed E-state index contributed by atoms with van der Waals surface area (Å²) in [6.45, 7) is 0.287. The molecule has 1 amide bonds. The number of carbonyl (C=O) groups is 2. The average Bonchev–Trinajstić information content (AvgIpc) is 2.60. The van der Waals surface area contributed by atoms with Crippen LogP contribution < -0.4 is 0 Å². The van der Waals surface area contributed by atoms with E-state index in [1.165, 1.54) is 0 Å². The second kappa shape index (κ2) is 4.19. The lowest BCUT2D eigenvalue weighted by Gasteiger charge is -2.49. The number of likely N-dealkylation sites (tertiary alicyclic amines) is 1. The molecule has 94 valence electrons. The van der Waals surface area contributed by atoms with Gasteiger partial charge in [-0.3, -0.25) is 9.59 Å². The molecule has 1 saturated heterocycles. The molecule has 0 bridgehead atoms. The van der Waals surface area contributed by atoms with Gasteiger partial charge in [-0.25, -0.2) is 0 Å². The molecule has 0 aromatic heterocycles. The molecule has 4 heteroatoms. The molecule has 1 aromatic carbocycles. The molecule has 1 aliphatic carbocycles. The van der Waals surface area contributed by atoms with Crippen LogP contribution in [0.25, 0.3) is 0 Å². The van der Waals surface area contributed by atoms with Gasteiger partial charge < -0.3 is 4.90 Å². The van der Waals surface area contributed by atoms with Gasteiger partial charge in [0.1, 0.15) is 0 Å². The molecular formula is C14H14BrNO2. The molecule has 0 atom stereocenters. The van der Waals surface area contributed by atoms with E-state index in [4.69, 9.17) is 0 Å². The molecule has 2 fully saturated rings. The maximum absolute atomic E-state index is 12.0. The molecule has 1 saturated carbocycles. The lowest BCUT2D eigenvalue weighted by atomic mass is 9.70. The summed E-state index contributed by atoms with van der Waals surface area (Å²) in [6.07, 6.45) is 3.13. The van der Waals surface area contributed by atoms with E-state index in [1.54, 1.807) is 4.90 Å². The Labute approximate surface area is 114 Å². The first kappa shape index (κ1) is 11.9. The van der Waals surface area contributed by atoms with Gasteiger partial charge in [0.2, 0.25) is 5.91 Å². The first-order valence-electron chi connectivity index (χ1n) is 6.20. The van der Waals surface area contributed by atoms with Crippen LogP contribution in [0.15, 0.2) is 28.7 Å². The van der Waals surface area contributed by atoms with Gasteiger partial charge in [0.05, 0.1) is 18.5 Å². The van der Waals surface area contributed by atoms with Crippen molar-refractivity contribution in [3.8, 4) is 0 Å². The second-order valence-electron chi connectivity index (χ2n) is 5.09. The minimum Gasteiger partial charge on any atom is -0.325 e. The molecule has 0 spiro atoms. The number of benzene rings is 1. The third-order valence-electron chi connectivity index (χ3n) is 4.06. The highest BCUT2D eigenvalue weighted by Crippen LogP contribution is 2.47. The van der Waals surface area contributed by atoms with E-state index in [-0.39, 0.29) is 30.2 Å². The molecule has 0 N–H and O–H groups in total. The van der Waals surface area contributed by atoms with Crippen molar-refractivity contribution in [3.05, 3.63) is 34.3 Å². The summed E-state index contributed by atoms with van der Waals surface area (Å²) in [5.41, 5.74) is 0.934. The summed E-state index contributed by atoms with van der Waals surface area (Å²) < 4.78 is 1.03. The zero-order valence-corrected chi connectivity index (χ0v) is 11.6. The minimum atomic E-state index is -0.218. The quantitative estimate of drug-likeness (QED) is 0.788. The van der Waals surface area contributed by atoms with E-state index >= 15 is 0 Å². The first-order chi connectivity index (χ1) is 8.62. The van der Waals surface area contributed by atoms with Crippen molar-refractivity contribution >= 4 is 27.6 Å². The van der Waals surface area contributed by atoms with Gasteiger partial charge in [-0.1, -0.05) is 28.1 Å². The SMILES string of the molecule is O=C1CC(=O)N(C2(c3ccc(Br)cc3)CCC2)C1. The zero-order chi connectivity index (χ0) is 12.8. The molecule has 3 rings (SSSR count). The normalized spacial score (nSPS) is 22.2. The van der Waals surface area contributed by atoms with Crippen LogP contribution in [-0.4, -0.2) is 23.1 Å². The predicted octanol–water partition coefficient (Wildman–Crippen LogP) is 2.63. The van der Waals surface area contributed by atoms with Crippen molar-refractivity contribution < 1.29 is 9.59 Å². The monoisotopic (exact) mass is 307 g/mol. The number of hydrogen-bond acceptors (Lipinski definition) is 2. The molecule has 18 heavy (non-hydrogen) atoms. The summed E-state index contributed by atoms with van der Waals surface area (Å²) in [6, 6.07) is 8.11. The fourth-order valence-electron chi connectivity index (χ4n) is 2.96. The van der Waals surface area contributed by atoms with Crippen LogP contribution in [-0.2, 0) is 15.1 Å². The Morgan fingerprint density at radius 2 is 1.78 bits per heavy atom. The van der Waals surface area contributed by atoms with Crippen LogP contribution in [0, 0.1) is 0 Å². The Balaban J connectivity index is 1.97. The van der Waals surface area contributed by atoms with Crippen molar-refractivity contribution in [1.82, 2.24) is 4.90 Å². The van der Waals surface area contributed by atoms with Gasteiger partial charge >= 0.3 is 0 Å². The van der Waals surface area contributed by atoms with Crippen LogP contribution in [0.3, 0.4) is 0 Å². The number of Topliss-reactive ketones (excluding diaryl/α,β-unsaturated/α-hetero) is 1. The van der Waals surface area contributed by atoms with Gasteiger partial charge in [0.15, 0.2) is 5.78 Å². The lowest BCUT2D eigenvalue weighted by Crippen LogP contribution is -2.51. The summed E-state index contributed by atoms with van der Waals surface area (Å²) in [5, 5.41) is 0. The molecule has 1 aliphatic heterocycles. The number of ketones is 1. The smallest absolute Gasteiger partial charge is 0.231 e. The van der Waals surface area contributed by atoms with Crippen LogP contribution in [0.1, 0.15) is 31.2 Å². The lowest BCUT2D eigenvalue weighted by molar-refractivity contribution is -0.137. The van der Waals surface area contributed by atoms with Crippen molar-refractivity contribution in [2.45, 2.75) is 31.2 Å². The number of nitrogens with zero attached hydrogens (tertiary/aromatic N) is 1. The van der Waals surface area contributed by atoms with Gasteiger partial charge in [0.25, 0.3) is 0 Å². The van der Waals surface area contributed by atoms with Gasteiger partial charge in [0, 0.05) is 4.47 Å². The topological polar surface area (TPSA) is 37.4 Å². The molecule has 0 radical (unpaired) electrons. The van der Waals surface area contributed by atoms with E-state index in [0.29, 0.717) is 0 Å². The molecule has 2 aliphatic rings. The summed E-state index contributed by atoms with van der Waals surface area (Å²) in [4.78, 5) is 25.2. The largest absolute Gasteiger partial charge is 0.325 e. The van der Waals surface area contributed by atoms with E-state index in [9.17, 15) is 9.59 Å². The number of hydrogen-bond donors (Lipinski definition) is 0. The van der Waals surface area contributed by atoms with Gasteiger partial charge in [-0.15, -0.1) is 0 Å². The number of halogens is 1. The molecule has 0 unspecified atom stereocenters. The van der Waals surface area contributed by atoms with Gasteiger partial charge in [-0.2, -0.15) is 0 Å². The van der Waals surface area contributed by atoms with Crippen molar-refractivity contribution in [2.75, 3.05) is 6.54 Å². The highest BCUT2D eigenvalue weighted by molar-refractivity contribution is 9.10. The van der Waals surface area contributed by atoms with Crippen LogP contribution in [0.5, 0.6) is 0 Å². The van der Waals surface area contributed by atoms with Crippen LogP contribution in [0.2, 0.25) is 0 Å². The fraction of sp³-hybridized carbons (Fsp3) is 0.429. The summed E-state index contributed by atoms with van der Waals surface area (Å²) in [7, 11) is 0. The third kappa shape index (κ3) is 1.70. The van der Waals surface area contributed by atoms with Crippen LogP contribution in [0.4, 0.5) is 0 Å². The van der Waals surface area contributed by atoms with E-state index in [0.717, 1.165) is 29.3 Å². The second-order valence-corrected chi connectivity index (χ2v) is 6.00. The van der Waals surface area contributed by atoms with Crippen molar-refractivity contribution in [3.63, 3.8) is 0 Å². The van der Waals surface area contributed by atoms with E-state index < -0.39 is 0 Å². The van der Waals surface area contributed by atoms with Crippen molar-refractivity contribution in [2.24, 2.45) is 0 Å².